The molecule has 8 heteroatoms. The summed E-state index contributed by atoms with van der Waals surface area (Å²) in [5.41, 5.74) is 0.287. The molecule has 3 rings (SSSR count). The summed E-state index contributed by atoms with van der Waals surface area (Å²) in [5, 5.41) is 22.2. The molecular weight excluding hydrogens is 421 g/mol. The molecule has 2 N–H and O–H groups in total. The third kappa shape index (κ3) is 5.37. The molecule has 0 atom stereocenters. The molecule has 6 nitrogen and oxygen atoms in total. The van der Waals surface area contributed by atoms with E-state index in [0.717, 1.165) is 6.07 Å². The first-order valence-electron chi connectivity index (χ1n) is 9.31. The molecule has 1 heterocycles. The normalized spacial score (nSPS) is 11.0. The van der Waals surface area contributed by atoms with Gasteiger partial charge in [0.1, 0.15) is 23.2 Å². The van der Waals surface area contributed by atoms with Crippen molar-refractivity contribution in [3.05, 3.63) is 87.8 Å². The van der Waals surface area contributed by atoms with E-state index in [1.807, 2.05) is 0 Å². The fourth-order valence-electron chi connectivity index (χ4n) is 2.75. The highest BCUT2D eigenvalue weighted by atomic mass is 35.5. The molecule has 0 saturated heterocycles. The first kappa shape index (κ1) is 22.2. The van der Waals surface area contributed by atoms with Gasteiger partial charge in [0.05, 0.1) is 11.2 Å². The first-order chi connectivity index (χ1) is 14.7. The third-order valence-electron chi connectivity index (χ3n) is 4.49. The molecule has 0 aliphatic rings. The van der Waals surface area contributed by atoms with Crippen molar-refractivity contribution in [1.82, 2.24) is 10.3 Å². The largest absolute Gasteiger partial charge is 0.438 e. The van der Waals surface area contributed by atoms with Gasteiger partial charge in [-0.15, -0.1) is 0 Å². The molecule has 0 radical (unpaired) electrons. The number of nitriles is 1. The zero-order valence-corrected chi connectivity index (χ0v) is 17.6. The fourth-order valence-corrected chi connectivity index (χ4v) is 3.00. The average molecular weight is 440 g/mol. The van der Waals surface area contributed by atoms with Crippen LogP contribution in [0.1, 0.15) is 40.9 Å². The molecule has 0 unspecified atom stereocenters. The van der Waals surface area contributed by atoms with Crippen LogP contribution in [0.5, 0.6) is 11.6 Å². The number of carbonyl (C=O) groups is 1. The number of halogens is 2. The summed E-state index contributed by atoms with van der Waals surface area (Å²) in [6, 6.07) is 13.7. The standard InChI is InChI=1S/C23H19ClFN3O3/c1-23(2,30)16-6-5-14(19(24)11-16)13-28-21(29)18-4-3-9-27-22(18)31-17-7-8-20(25)15(10-17)12-26/h3-11,30H,13H2,1-2H3,(H,28,29). The lowest BCUT2D eigenvalue weighted by atomic mass is 9.97. The lowest BCUT2D eigenvalue weighted by Crippen LogP contribution is -2.24. The summed E-state index contributed by atoms with van der Waals surface area (Å²) in [4.78, 5) is 16.8. The minimum absolute atomic E-state index is 0.0129. The number of nitrogens with zero attached hydrogens (tertiary/aromatic N) is 2. The van der Waals surface area contributed by atoms with E-state index in [0.29, 0.717) is 16.1 Å². The van der Waals surface area contributed by atoms with Gasteiger partial charge in [0, 0.05) is 23.8 Å². The van der Waals surface area contributed by atoms with Gasteiger partial charge >= 0.3 is 0 Å². The Morgan fingerprint density at radius 3 is 2.74 bits per heavy atom. The number of hydrogen-bond donors (Lipinski definition) is 2. The number of hydrogen-bond acceptors (Lipinski definition) is 5. The predicted molar refractivity (Wildman–Crippen MR) is 113 cm³/mol. The van der Waals surface area contributed by atoms with E-state index in [1.165, 1.54) is 24.4 Å². The maximum absolute atomic E-state index is 13.5. The van der Waals surface area contributed by atoms with Gasteiger partial charge in [-0.2, -0.15) is 5.26 Å². The van der Waals surface area contributed by atoms with Crippen LogP contribution in [0.4, 0.5) is 4.39 Å². The summed E-state index contributed by atoms with van der Waals surface area (Å²) in [7, 11) is 0. The van der Waals surface area contributed by atoms with Crippen molar-refractivity contribution >= 4 is 17.5 Å². The van der Waals surface area contributed by atoms with Gasteiger partial charge < -0.3 is 15.2 Å². The Morgan fingerprint density at radius 1 is 1.29 bits per heavy atom. The van der Waals surface area contributed by atoms with Crippen LogP contribution in [0, 0.1) is 17.1 Å². The maximum Gasteiger partial charge on any atom is 0.257 e. The fraction of sp³-hybridized carbons (Fsp3) is 0.174. The number of nitrogens with one attached hydrogen (secondary N) is 1. The molecule has 2 aromatic carbocycles. The smallest absolute Gasteiger partial charge is 0.257 e. The van der Waals surface area contributed by atoms with Crippen LogP contribution in [0.15, 0.2) is 54.7 Å². The van der Waals surface area contributed by atoms with Crippen molar-refractivity contribution in [3.8, 4) is 17.7 Å². The average Bonchev–Trinajstić information content (AvgIpc) is 2.73. The van der Waals surface area contributed by atoms with E-state index < -0.39 is 17.3 Å². The van der Waals surface area contributed by atoms with Gasteiger partial charge in [-0.1, -0.05) is 23.7 Å². The monoisotopic (exact) mass is 439 g/mol. The van der Waals surface area contributed by atoms with Gasteiger partial charge in [-0.25, -0.2) is 9.37 Å². The zero-order valence-electron chi connectivity index (χ0n) is 16.8. The second kappa shape index (κ2) is 9.13. The number of carbonyl (C=O) groups excluding carboxylic acids is 1. The second-order valence-electron chi connectivity index (χ2n) is 7.26. The maximum atomic E-state index is 13.5. The van der Waals surface area contributed by atoms with E-state index in [9.17, 15) is 14.3 Å². The van der Waals surface area contributed by atoms with Gasteiger partial charge in [0.2, 0.25) is 5.88 Å². The summed E-state index contributed by atoms with van der Waals surface area (Å²) in [5.74, 6) is -0.926. The summed E-state index contributed by atoms with van der Waals surface area (Å²) in [6.45, 7) is 3.46. The molecular formula is C23H19ClFN3O3. The minimum Gasteiger partial charge on any atom is -0.438 e. The Kier molecular flexibility index (Phi) is 6.54. The van der Waals surface area contributed by atoms with Gasteiger partial charge in [-0.3, -0.25) is 4.79 Å². The van der Waals surface area contributed by atoms with Crippen LogP contribution in [-0.2, 0) is 12.1 Å². The highest BCUT2D eigenvalue weighted by Crippen LogP contribution is 2.27. The van der Waals surface area contributed by atoms with Crippen LogP contribution in [-0.4, -0.2) is 16.0 Å². The van der Waals surface area contributed by atoms with Crippen molar-refractivity contribution < 1.29 is 19.0 Å². The van der Waals surface area contributed by atoms with Gasteiger partial charge in [-0.05, 0) is 55.3 Å². The van der Waals surface area contributed by atoms with Crippen molar-refractivity contribution in [2.75, 3.05) is 0 Å². The zero-order chi connectivity index (χ0) is 22.6. The number of benzene rings is 2. The highest BCUT2D eigenvalue weighted by Gasteiger charge is 2.18. The van der Waals surface area contributed by atoms with Gasteiger partial charge in [0.25, 0.3) is 5.91 Å². The lowest BCUT2D eigenvalue weighted by Gasteiger charge is -2.19. The topological polar surface area (TPSA) is 95.2 Å². The number of aliphatic hydroxyl groups is 1. The molecule has 0 saturated carbocycles. The molecule has 0 aliphatic heterocycles. The Balaban J connectivity index is 1.76. The molecule has 0 fully saturated rings. The Hall–Kier alpha value is -3.47. The Bertz CT molecular complexity index is 1170. The van der Waals surface area contributed by atoms with Crippen molar-refractivity contribution in [1.29, 1.82) is 5.26 Å². The summed E-state index contributed by atoms with van der Waals surface area (Å²) in [6.07, 6.45) is 1.45. The van der Waals surface area contributed by atoms with E-state index in [2.05, 4.69) is 10.3 Å². The third-order valence-corrected chi connectivity index (χ3v) is 4.84. The van der Waals surface area contributed by atoms with Crippen molar-refractivity contribution in [3.63, 3.8) is 0 Å². The van der Waals surface area contributed by atoms with Crippen LogP contribution in [0.2, 0.25) is 5.02 Å². The van der Waals surface area contributed by atoms with Crippen LogP contribution in [0.3, 0.4) is 0 Å². The first-order valence-corrected chi connectivity index (χ1v) is 9.69. The van der Waals surface area contributed by atoms with Crippen LogP contribution in [0.25, 0.3) is 0 Å². The van der Waals surface area contributed by atoms with E-state index in [4.69, 9.17) is 21.6 Å². The Morgan fingerprint density at radius 2 is 2.06 bits per heavy atom. The number of rotatable bonds is 6. The SMILES string of the molecule is CC(C)(O)c1ccc(CNC(=O)c2cccnc2Oc2ccc(F)c(C#N)c2)c(Cl)c1. The highest BCUT2D eigenvalue weighted by molar-refractivity contribution is 6.31. The summed E-state index contributed by atoms with van der Waals surface area (Å²) < 4.78 is 19.1. The van der Waals surface area contributed by atoms with Crippen LogP contribution < -0.4 is 10.1 Å². The molecule has 0 bridgehead atoms. The quantitative estimate of drug-likeness (QED) is 0.580. The molecule has 158 valence electrons. The minimum atomic E-state index is -1.03. The van der Waals surface area contributed by atoms with E-state index in [1.54, 1.807) is 44.2 Å². The van der Waals surface area contributed by atoms with Crippen LogP contribution >= 0.6 is 11.6 Å². The number of amides is 1. The van der Waals surface area contributed by atoms with Gasteiger partial charge in [0.15, 0.2) is 0 Å². The lowest BCUT2D eigenvalue weighted by molar-refractivity contribution is 0.0785. The van der Waals surface area contributed by atoms with E-state index in [-0.39, 0.29) is 29.3 Å². The molecule has 0 aliphatic carbocycles. The molecule has 0 spiro atoms. The predicted octanol–water partition coefficient (Wildman–Crippen LogP) is 4.70. The van der Waals surface area contributed by atoms with Crippen molar-refractivity contribution in [2.45, 2.75) is 26.0 Å². The molecule has 1 aromatic heterocycles. The van der Waals surface area contributed by atoms with Crippen molar-refractivity contribution in [2.24, 2.45) is 0 Å². The van der Waals surface area contributed by atoms with E-state index >= 15 is 0 Å². The second-order valence-corrected chi connectivity index (χ2v) is 7.67. The molecule has 3 aromatic rings. The number of pyridine rings is 1. The number of aromatic nitrogens is 1. The molecule has 31 heavy (non-hydrogen) atoms. The number of ether oxygens (including phenoxy) is 1. The Labute approximate surface area is 183 Å². The molecule has 1 amide bonds. The summed E-state index contributed by atoms with van der Waals surface area (Å²) >= 11 is 6.29.